The third kappa shape index (κ3) is 5.34. The van der Waals surface area contributed by atoms with Crippen LogP contribution in [0.4, 0.5) is 9.59 Å². The number of fused-ring (bicyclic) bond motifs is 2. The molecule has 2 bridgehead atoms. The predicted molar refractivity (Wildman–Crippen MR) is 97.4 cm³/mol. The van der Waals surface area contributed by atoms with Crippen LogP contribution in [0.2, 0.25) is 0 Å². The summed E-state index contributed by atoms with van der Waals surface area (Å²) in [7, 11) is 0. The van der Waals surface area contributed by atoms with Gasteiger partial charge in [-0.2, -0.15) is 6.42 Å². The van der Waals surface area contributed by atoms with Crippen LogP contribution in [0.5, 0.6) is 0 Å². The summed E-state index contributed by atoms with van der Waals surface area (Å²) in [5.41, 5.74) is 0.211. The second-order valence-electron chi connectivity index (χ2n) is 7.88. The third-order valence-corrected chi connectivity index (χ3v) is 4.64. The van der Waals surface area contributed by atoms with E-state index in [0.717, 1.165) is 5.56 Å². The minimum atomic E-state index is -0.674. The second kappa shape index (κ2) is 9.08. The Hall–Kier alpha value is -1.88. The molecule has 1 N–H and O–H groups in total. The summed E-state index contributed by atoms with van der Waals surface area (Å²) >= 11 is 0. The number of benzene rings is 1. The van der Waals surface area contributed by atoms with Gasteiger partial charge in [0, 0.05) is 27.1 Å². The zero-order valence-electron chi connectivity index (χ0n) is 16.2. The maximum absolute atomic E-state index is 12.7. The summed E-state index contributed by atoms with van der Waals surface area (Å²) in [5, 5.41) is 2.76. The number of hydrogen-bond acceptors (Lipinski definition) is 5. The molecular formula is C20H25N2O5W-. The van der Waals surface area contributed by atoms with Crippen LogP contribution < -0.4 is 5.32 Å². The van der Waals surface area contributed by atoms with E-state index < -0.39 is 23.7 Å². The van der Waals surface area contributed by atoms with Crippen LogP contribution in [0.3, 0.4) is 0 Å². The Balaban J connectivity index is 0.00000280. The van der Waals surface area contributed by atoms with Crippen LogP contribution in [0.1, 0.15) is 39.2 Å². The second-order valence-corrected chi connectivity index (χ2v) is 7.88. The summed E-state index contributed by atoms with van der Waals surface area (Å²) in [4.78, 5) is 38.3. The van der Waals surface area contributed by atoms with Crippen molar-refractivity contribution in [1.29, 1.82) is 0 Å². The zero-order valence-corrected chi connectivity index (χ0v) is 19.1. The van der Waals surface area contributed by atoms with Gasteiger partial charge in [0.2, 0.25) is 5.91 Å². The average molecular weight is 557 g/mol. The van der Waals surface area contributed by atoms with Crippen molar-refractivity contribution in [1.82, 2.24) is 10.2 Å². The fourth-order valence-corrected chi connectivity index (χ4v) is 3.43. The summed E-state index contributed by atoms with van der Waals surface area (Å²) in [5.74, 6) is -0.756. The first-order valence-corrected chi connectivity index (χ1v) is 9.11. The van der Waals surface area contributed by atoms with Gasteiger partial charge in [-0.1, -0.05) is 36.4 Å². The first-order chi connectivity index (χ1) is 12.7. The fraction of sp³-hybridized carbons (Fsp3) is 0.500. The monoisotopic (exact) mass is 557 g/mol. The molecule has 0 aromatic heterocycles. The van der Waals surface area contributed by atoms with E-state index in [4.69, 9.17) is 9.47 Å². The quantitative estimate of drug-likeness (QED) is 0.578. The molecule has 0 spiro atoms. The van der Waals surface area contributed by atoms with Crippen molar-refractivity contribution < 1.29 is 44.9 Å². The molecule has 0 radical (unpaired) electrons. The van der Waals surface area contributed by atoms with E-state index in [0.29, 0.717) is 12.8 Å². The molecule has 1 aliphatic carbocycles. The number of likely N-dealkylation sites (tertiary alicyclic amines) is 1. The van der Waals surface area contributed by atoms with Crippen molar-refractivity contribution in [2.75, 3.05) is 0 Å². The minimum absolute atomic E-state index is 0. The predicted octanol–water partition coefficient (Wildman–Crippen LogP) is 3.04. The van der Waals surface area contributed by atoms with Crippen molar-refractivity contribution in [2.24, 2.45) is 5.92 Å². The van der Waals surface area contributed by atoms with E-state index in [9.17, 15) is 14.4 Å². The SMILES string of the molecule is CC(C)(C)OC(=O)N1C(=O)[C@@H]2C[C@H]1[CH-]C[C@@H]2NC(=O)OCc1ccccc1.[W]. The largest absolute Gasteiger partial charge is 0.445 e. The van der Waals surface area contributed by atoms with Crippen molar-refractivity contribution in [3.63, 3.8) is 0 Å². The van der Waals surface area contributed by atoms with E-state index in [1.165, 1.54) is 4.90 Å². The maximum atomic E-state index is 12.7. The van der Waals surface area contributed by atoms with Crippen LogP contribution >= 0.6 is 0 Å². The molecule has 2 aliphatic rings. The Labute approximate surface area is 179 Å². The molecule has 8 heteroatoms. The summed E-state index contributed by atoms with van der Waals surface area (Å²) in [6, 6.07) is 8.70. The first-order valence-electron chi connectivity index (χ1n) is 9.11. The van der Waals surface area contributed by atoms with Gasteiger partial charge in [0.05, 0.1) is 5.92 Å². The molecule has 1 heterocycles. The van der Waals surface area contributed by atoms with Crippen molar-refractivity contribution >= 4 is 18.1 Å². The van der Waals surface area contributed by atoms with Crippen molar-refractivity contribution in [2.45, 2.75) is 57.9 Å². The normalized spacial score (nSPS) is 23.6. The van der Waals surface area contributed by atoms with Crippen molar-refractivity contribution in [3.8, 4) is 0 Å². The molecule has 7 nitrogen and oxygen atoms in total. The van der Waals surface area contributed by atoms with Gasteiger partial charge in [0.15, 0.2) is 0 Å². The van der Waals surface area contributed by atoms with E-state index in [1.807, 2.05) is 36.8 Å². The van der Waals surface area contributed by atoms with Gasteiger partial charge in [-0.25, -0.2) is 9.59 Å². The van der Waals surface area contributed by atoms with Crippen LogP contribution in [-0.2, 0) is 41.9 Å². The molecule has 2 fully saturated rings. The summed E-state index contributed by atoms with van der Waals surface area (Å²) in [6.45, 7) is 5.44. The fourth-order valence-electron chi connectivity index (χ4n) is 3.43. The number of nitrogens with one attached hydrogen (secondary N) is 1. The van der Waals surface area contributed by atoms with E-state index in [-0.39, 0.29) is 45.7 Å². The van der Waals surface area contributed by atoms with Crippen LogP contribution in [0.25, 0.3) is 0 Å². The first kappa shape index (κ1) is 22.4. The van der Waals surface area contributed by atoms with Crippen LogP contribution in [-0.4, -0.2) is 40.7 Å². The van der Waals surface area contributed by atoms with Crippen LogP contribution in [0.15, 0.2) is 30.3 Å². The molecule has 152 valence electrons. The number of carbonyl (C=O) groups is 3. The van der Waals surface area contributed by atoms with Gasteiger partial charge in [-0.05, 0) is 32.8 Å². The number of ether oxygens (including phenoxy) is 2. The van der Waals surface area contributed by atoms with E-state index >= 15 is 0 Å². The molecule has 1 aliphatic heterocycles. The number of rotatable bonds is 3. The summed E-state index contributed by atoms with van der Waals surface area (Å²) < 4.78 is 10.6. The molecule has 1 saturated heterocycles. The smallest absolute Gasteiger partial charge is 0.414 e. The zero-order chi connectivity index (χ0) is 19.6. The molecule has 0 unspecified atom stereocenters. The number of hydrogen-bond donors (Lipinski definition) is 1. The average Bonchev–Trinajstić information content (AvgIpc) is 2.87. The Morgan fingerprint density at radius 2 is 1.93 bits per heavy atom. The van der Waals surface area contributed by atoms with Gasteiger partial charge in [0.25, 0.3) is 0 Å². The van der Waals surface area contributed by atoms with Gasteiger partial charge in [-0.3, -0.25) is 9.69 Å². The molecule has 28 heavy (non-hydrogen) atoms. The Morgan fingerprint density at radius 1 is 1.25 bits per heavy atom. The minimum Gasteiger partial charge on any atom is -0.445 e. The van der Waals surface area contributed by atoms with Gasteiger partial charge in [-0.15, -0.1) is 0 Å². The molecule has 1 aromatic rings. The molecule has 3 rings (SSSR count). The molecule has 1 aromatic carbocycles. The number of nitrogens with zero attached hydrogens (tertiary/aromatic N) is 1. The Bertz CT molecular complexity index is 719. The van der Waals surface area contributed by atoms with Gasteiger partial charge >= 0.3 is 12.2 Å². The van der Waals surface area contributed by atoms with Gasteiger partial charge < -0.3 is 21.2 Å². The molecule has 3 amide bonds. The Morgan fingerprint density at radius 3 is 2.57 bits per heavy atom. The van der Waals surface area contributed by atoms with E-state index in [1.54, 1.807) is 20.8 Å². The number of alkyl carbamates (subject to hydrolysis) is 1. The topological polar surface area (TPSA) is 84.9 Å². The van der Waals surface area contributed by atoms with Gasteiger partial charge in [0.1, 0.15) is 12.2 Å². The number of imide groups is 1. The summed E-state index contributed by atoms with van der Waals surface area (Å²) in [6.07, 6.45) is 1.67. The standard InChI is InChI=1S/C20H25N2O5.W/c1-20(2,3)27-19(25)22-14-9-10-16(15(11-14)17(22)23)21-18(24)26-12-13-7-5-4-6-8-13;/h4-9,14-16H,10-12H2,1-3H3,(H,21,24);/q-1;/t14-,15-,16+;/m1./s1. The maximum Gasteiger partial charge on any atom is 0.414 e. The van der Waals surface area contributed by atoms with Crippen molar-refractivity contribution in [3.05, 3.63) is 42.3 Å². The number of carbonyl (C=O) groups excluding carboxylic acids is 3. The van der Waals surface area contributed by atoms with E-state index in [2.05, 4.69) is 5.32 Å². The third-order valence-electron chi connectivity index (χ3n) is 4.64. The van der Waals surface area contributed by atoms with Crippen LogP contribution in [0, 0.1) is 12.3 Å². The number of amides is 3. The Kier molecular flexibility index (Phi) is 7.27. The molecule has 1 saturated carbocycles. The molecule has 3 atom stereocenters. The molecular weight excluding hydrogens is 532 g/mol.